The number of aromatic nitrogens is 3. The molecule has 0 aliphatic carbocycles. The van der Waals surface area contributed by atoms with Gasteiger partial charge in [-0.15, -0.1) is 0 Å². The zero-order valence-corrected chi connectivity index (χ0v) is 14.4. The van der Waals surface area contributed by atoms with E-state index in [2.05, 4.69) is 15.0 Å². The van der Waals surface area contributed by atoms with Gasteiger partial charge in [0.15, 0.2) is 5.82 Å². The predicted octanol–water partition coefficient (Wildman–Crippen LogP) is 4.12. The molecular formula is C20H17F3N4. The first-order valence-corrected chi connectivity index (χ1v) is 8.63. The van der Waals surface area contributed by atoms with Gasteiger partial charge in [-0.05, 0) is 23.8 Å². The van der Waals surface area contributed by atoms with Gasteiger partial charge in [0.2, 0.25) is 0 Å². The smallest absolute Gasteiger partial charge is 0.294 e. The Morgan fingerprint density at radius 3 is 2.67 bits per heavy atom. The Morgan fingerprint density at radius 1 is 1.04 bits per heavy atom. The van der Waals surface area contributed by atoms with Crippen molar-refractivity contribution in [2.75, 3.05) is 6.54 Å². The Kier molecular flexibility index (Phi) is 4.61. The third-order valence-electron chi connectivity index (χ3n) is 4.65. The van der Waals surface area contributed by atoms with Crippen molar-refractivity contribution < 1.29 is 13.2 Å². The van der Waals surface area contributed by atoms with Gasteiger partial charge in [0.25, 0.3) is 0 Å². The largest absolute Gasteiger partial charge is 0.416 e. The highest BCUT2D eigenvalue weighted by Gasteiger charge is 2.33. The lowest BCUT2D eigenvalue weighted by Crippen LogP contribution is -2.31. The zero-order chi connectivity index (χ0) is 18.9. The van der Waals surface area contributed by atoms with E-state index >= 15 is 0 Å². The monoisotopic (exact) mass is 370 g/mol. The highest BCUT2D eigenvalue weighted by Crippen LogP contribution is 2.33. The van der Waals surface area contributed by atoms with E-state index in [1.54, 1.807) is 30.7 Å². The van der Waals surface area contributed by atoms with Crippen molar-refractivity contribution in [1.82, 2.24) is 19.9 Å². The molecule has 3 aromatic rings. The number of halogens is 3. The fourth-order valence-electron chi connectivity index (χ4n) is 3.32. The van der Waals surface area contributed by atoms with Crippen LogP contribution in [0.4, 0.5) is 13.2 Å². The van der Waals surface area contributed by atoms with Gasteiger partial charge in [0.05, 0.1) is 11.3 Å². The molecule has 0 amide bonds. The minimum atomic E-state index is -4.34. The first-order valence-electron chi connectivity index (χ1n) is 8.63. The molecule has 0 radical (unpaired) electrons. The summed E-state index contributed by atoms with van der Waals surface area (Å²) in [6.45, 7) is 1.44. The number of pyridine rings is 1. The molecule has 0 spiro atoms. The van der Waals surface area contributed by atoms with Crippen molar-refractivity contribution in [2.45, 2.75) is 25.7 Å². The summed E-state index contributed by atoms with van der Waals surface area (Å²) in [5.74, 6) is 0.623. The van der Waals surface area contributed by atoms with Gasteiger partial charge in [-0.3, -0.25) is 9.88 Å². The van der Waals surface area contributed by atoms with Crippen molar-refractivity contribution >= 4 is 0 Å². The third-order valence-corrected chi connectivity index (χ3v) is 4.65. The Labute approximate surface area is 154 Å². The number of fused-ring (bicyclic) bond motifs is 1. The third kappa shape index (κ3) is 3.83. The topological polar surface area (TPSA) is 41.9 Å². The lowest BCUT2D eigenvalue weighted by atomic mass is 10.0. The standard InChI is InChI=1S/C20H17F3N4/c21-20(22,23)17-6-2-1-4-15(17)12-27-9-7-18-16(13-27)11-25-19(26-18)14-5-3-8-24-10-14/h1-6,8,10-11H,7,9,12-13H2. The fourth-order valence-corrected chi connectivity index (χ4v) is 3.32. The van der Waals surface area contributed by atoms with Crippen LogP contribution in [0.1, 0.15) is 22.4 Å². The van der Waals surface area contributed by atoms with Crippen LogP contribution in [0.25, 0.3) is 11.4 Å². The molecule has 27 heavy (non-hydrogen) atoms. The van der Waals surface area contributed by atoms with Gasteiger partial charge in [0, 0.05) is 55.8 Å². The van der Waals surface area contributed by atoms with Crippen LogP contribution in [-0.4, -0.2) is 26.4 Å². The molecule has 0 saturated carbocycles. The van der Waals surface area contributed by atoms with E-state index in [-0.39, 0.29) is 6.54 Å². The van der Waals surface area contributed by atoms with Crippen LogP contribution in [0.3, 0.4) is 0 Å². The van der Waals surface area contributed by atoms with Crippen molar-refractivity contribution in [2.24, 2.45) is 0 Å². The van der Waals surface area contributed by atoms with Gasteiger partial charge in [-0.2, -0.15) is 13.2 Å². The maximum absolute atomic E-state index is 13.2. The highest BCUT2D eigenvalue weighted by molar-refractivity contribution is 5.53. The molecule has 0 atom stereocenters. The maximum Gasteiger partial charge on any atom is 0.416 e. The summed E-state index contributed by atoms with van der Waals surface area (Å²) in [4.78, 5) is 15.1. The Bertz CT molecular complexity index is 941. The van der Waals surface area contributed by atoms with E-state index in [0.29, 0.717) is 30.9 Å². The molecule has 1 aliphatic rings. The van der Waals surface area contributed by atoms with Crippen molar-refractivity contribution in [3.63, 3.8) is 0 Å². The fraction of sp³-hybridized carbons (Fsp3) is 0.250. The molecule has 0 unspecified atom stereocenters. The molecule has 0 bridgehead atoms. The van der Waals surface area contributed by atoms with E-state index in [4.69, 9.17) is 0 Å². The van der Waals surface area contributed by atoms with Crippen molar-refractivity contribution in [3.05, 3.63) is 77.4 Å². The quantitative estimate of drug-likeness (QED) is 0.696. The minimum Gasteiger partial charge on any atom is -0.294 e. The lowest BCUT2D eigenvalue weighted by molar-refractivity contribution is -0.138. The second-order valence-electron chi connectivity index (χ2n) is 6.52. The molecule has 1 aromatic carbocycles. The van der Waals surface area contributed by atoms with Crippen LogP contribution in [0.5, 0.6) is 0 Å². The van der Waals surface area contributed by atoms with Gasteiger partial charge in [0.1, 0.15) is 0 Å². The average Bonchev–Trinajstić information content (AvgIpc) is 2.68. The first kappa shape index (κ1) is 17.6. The predicted molar refractivity (Wildman–Crippen MR) is 94.5 cm³/mol. The molecule has 2 aromatic heterocycles. The summed E-state index contributed by atoms with van der Waals surface area (Å²) in [5, 5.41) is 0. The SMILES string of the molecule is FC(F)(F)c1ccccc1CN1CCc2nc(-c3cccnc3)ncc2C1. The molecular weight excluding hydrogens is 353 g/mol. The van der Waals surface area contributed by atoms with Gasteiger partial charge in [-0.1, -0.05) is 18.2 Å². The molecule has 7 heteroatoms. The summed E-state index contributed by atoms with van der Waals surface area (Å²) in [6.07, 6.45) is 1.52. The van der Waals surface area contributed by atoms with Crippen LogP contribution in [0.15, 0.2) is 55.0 Å². The second kappa shape index (κ2) is 7.08. The van der Waals surface area contributed by atoms with E-state index < -0.39 is 11.7 Å². The van der Waals surface area contributed by atoms with Crippen LogP contribution in [-0.2, 0) is 25.7 Å². The molecule has 0 fully saturated rings. The van der Waals surface area contributed by atoms with Crippen LogP contribution in [0.2, 0.25) is 0 Å². The van der Waals surface area contributed by atoms with Gasteiger partial charge >= 0.3 is 6.18 Å². The average molecular weight is 370 g/mol. The van der Waals surface area contributed by atoms with Gasteiger partial charge in [-0.25, -0.2) is 9.97 Å². The maximum atomic E-state index is 13.2. The van der Waals surface area contributed by atoms with Crippen molar-refractivity contribution in [1.29, 1.82) is 0 Å². The summed E-state index contributed by atoms with van der Waals surface area (Å²) in [5.41, 5.74) is 2.48. The van der Waals surface area contributed by atoms with Gasteiger partial charge < -0.3 is 0 Å². The molecule has 1 aliphatic heterocycles. The van der Waals surface area contributed by atoms with E-state index in [9.17, 15) is 13.2 Å². The molecule has 3 heterocycles. The first-order chi connectivity index (χ1) is 13.0. The number of nitrogens with zero attached hydrogens (tertiary/aromatic N) is 4. The molecule has 138 valence electrons. The van der Waals surface area contributed by atoms with E-state index in [1.807, 2.05) is 17.0 Å². The normalized spacial score (nSPS) is 14.8. The molecule has 0 N–H and O–H groups in total. The molecule has 4 nitrogen and oxygen atoms in total. The van der Waals surface area contributed by atoms with E-state index in [0.717, 1.165) is 22.9 Å². The Balaban J connectivity index is 1.53. The number of alkyl halides is 3. The second-order valence-corrected chi connectivity index (χ2v) is 6.52. The number of hydrogen-bond acceptors (Lipinski definition) is 4. The Hall–Kier alpha value is -2.80. The molecule has 0 saturated heterocycles. The van der Waals surface area contributed by atoms with Crippen molar-refractivity contribution in [3.8, 4) is 11.4 Å². The summed E-state index contributed by atoms with van der Waals surface area (Å²) in [6, 6.07) is 9.48. The summed E-state index contributed by atoms with van der Waals surface area (Å²) < 4.78 is 39.6. The number of rotatable bonds is 3. The number of hydrogen-bond donors (Lipinski definition) is 0. The lowest BCUT2D eigenvalue weighted by Gasteiger charge is -2.29. The van der Waals surface area contributed by atoms with Crippen LogP contribution < -0.4 is 0 Å². The highest BCUT2D eigenvalue weighted by atomic mass is 19.4. The van der Waals surface area contributed by atoms with E-state index in [1.165, 1.54) is 6.07 Å². The van der Waals surface area contributed by atoms with Crippen LogP contribution in [0, 0.1) is 0 Å². The summed E-state index contributed by atoms with van der Waals surface area (Å²) in [7, 11) is 0. The Morgan fingerprint density at radius 2 is 1.89 bits per heavy atom. The molecule has 4 rings (SSSR count). The van der Waals surface area contributed by atoms with Crippen LogP contribution >= 0.6 is 0 Å². The number of benzene rings is 1. The summed E-state index contributed by atoms with van der Waals surface area (Å²) >= 11 is 0. The minimum absolute atomic E-state index is 0.249. The zero-order valence-electron chi connectivity index (χ0n) is 14.4.